The minimum Gasteiger partial charge on any atom is -0.481 e. The van der Waals surface area contributed by atoms with Gasteiger partial charge < -0.3 is 10.8 Å². The fraction of sp³-hybridized carbons (Fsp3) is 0.222. The number of amides is 1. The summed E-state index contributed by atoms with van der Waals surface area (Å²) in [6.07, 6.45) is 2.26. The van der Waals surface area contributed by atoms with E-state index in [1.54, 1.807) is 6.07 Å². The lowest BCUT2D eigenvalue weighted by atomic mass is 9.91. The van der Waals surface area contributed by atoms with Crippen molar-refractivity contribution in [3.8, 4) is 11.1 Å². The molecular formula is C18H19NO3. The van der Waals surface area contributed by atoms with Gasteiger partial charge in [0.1, 0.15) is 0 Å². The first-order valence-electron chi connectivity index (χ1n) is 7.28. The van der Waals surface area contributed by atoms with E-state index in [9.17, 15) is 9.59 Å². The van der Waals surface area contributed by atoms with E-state index in [1.807, 2.05) is 42.5 Å². The zero-order valence-electron chi connectivity index (χ0n) is 12.3. The van der Waals surface area contributed by atoms with Gasteiger partial charge in [0.25, 0.3) is 0 Å². The number of nitrogens with two attached hydrogens (primary N) is 1. The van der Waals surface area contributed by atoms with Crippen molar-refractivity contribution in [2.24, 2.45) is 5.73 Å². The van der Waals surface area contributed by atoms with Crippen LogP contribution in [0.25, 0.3) is 11.1 Å². The molecule has 0 aliphatic rings. The monoisotopic (exact) mass is 297 g/mol. The Kier molecular flexibility index (Phi) is 5.31. The van der Waals surface area contributed by atoms with Gasteiger partial charge in [0.15, 0.2) is 0 Å². The van der Waals surface area contributed by atoms with Crippen molar-refractivity contribution >= 4 is 11.9 Å². The van der Waals surface area contributed by atoms with E-state index in [4.69, 9.17) is 10.8 Å². The molecule has 0 fully saturated rings. The molecule has 2 rings (SSSR count). The Morgan fingerprint density at radius 2 is 1.68 bits per heavy atom. The van der Waals surface area contributed by atoms with Crippen LogP contribution in [0.3, 0.4) is 0 Å². The van der Waals surface area contributed by atoms with E-state index < -0.39 is 11.9 Å². The van der Waals surface area contributed by atoms with Crippen molar-refractivity contribution in [2.75, 3.05) is 0 Å². The van der Waals surface area contributed by atoms with E-state index >= 15 is 0 Å². The van der Waals surface area contributed by atoms with Crippen molar-refractivity contribution in [1.82, 2.24) is 0 Å². The molecule has 0 heterocycles. The number of rotatable bonds is 7. The lowest BCUT2D eigenvalue weighted by molar-refractivity contribution is -0.137. The quantitative estimate of drug-likeness (QED) is 0.770. The second-order valence-electron chi connectivity index (χ2n) is 5.17. The molecule has 2 aromatic rings. The highest BCUT2D eigenvalue weighted by atomic mass is 16.4. The van der Waals surface area contributed by atoms with Crippen molar-refractivity contribution in [3.05, 3.63) is 59.7 Å². The van der Waals surface area contributed by atoms with Crippen LogP contribution in [0, 0.1) is 0 Å². The van der Waals surface area contributed by atoms with Crippen LogP contribution in [0.1, 0.15) is 35.2 Å². The van der Waals surface area contributed by atoms with Gasteiger partial charge in [0, 0.05) is 12.0 Å². The normalized spacial score (nSPS) is 10.4. The summed E-state index contributed by atoms with van der Waals surface area (Å²) < 4.78 is 0. The Morgan fingerprint density at radius 3 is 2.32 bits per heavy atom. The molecule has 0 saturated carbocycles. The van der Waals surface area contributed by atoms with Gasteiger partial charge in [-0.25, -0.2) is 0 Å². The lowest BCUT2D eigenvalue weighted by Crippen LogP contribution is -2.13. The highest BCUT2D eigenvalue weighted by Gasteiger charge is 2.14. The number of benzene rings is 2. The Bertz CT molecular complexity index is 665. The third-order valence-electron chi connectivity index (χ3n) is 3.57. The molecule has 0 saturated heterocycles. The summed E-state index contributed by atoms with van der Waals surface area (Å²) >= 11 is 0. The fourth-order valence-corrected chi connectivity index (χ4v) is 2.55. The SMILES string of the molecule is NC(=O)c1cccc(CCCCC(=O)O)c1-c1ccccc1. The topological polar surface area (TPSA) is 80.4 Å². The van der Waals surface area contributed by atoms with Crippen LogP contribution in [-0.4, -0.2) is 17.0 Å². The van der Waals surface area contributed by atoms with E-state index in [0.29, 0.717) is 12.0 Å². The zero-order chi connectivity index (χ0) is 15.9. The highest BCUT2D eigenvalue weighted by Crippen LogP contribution is 2.29. The molecule has 114 valence electrons. The average molecular weight is 297 g/mol. The fourth-order valence-electron chi connectivity index (χ4n) is 2.55. The number of aliphatic carboxylic acids is 1. The molecule has 0 unspecified atom stereocenters. The summed E-state index contributed by atoms with van der Waals surface area (Å²) in [5.74, 6) is -1.24. The van der Waals surface area contributed by atoms with Crippen molar-refractivity contribution in [1.29, 1.82) is 0 Å². The first kappa shape index (κ1) is 15.8. The number of primary amides is 1. The predicted molar refractivity (Wildman–Crippen MR) is 85.6 cm³/mol. The maximum Gasteiger partial charge on any atom is 0.303 e. The van der Waals surface area contributed by atoms with Crippen LogP contribution in [0.4, 0.5) is 0 Å². The second kappa shape index (κ2) is 7.41. The summed E-state index contributed by atoms with van der Waals surface area (Å²) in [7, 11) is 0. The number of aryl methyl sites for hydroxylation is 1. The smallest absolute Gasteiger partial charge is 0.303 e. The van der Waals surface area contributed by atoms with Gasteiger partial charge in [-0.1, -0.05) is 42.5 Å². The van der Waals surface area contributed by atoms with Crippen LogP contribution in [0.5, 0.6) is 0 Å². The summed E-state index contributed by atoms with van der Waals surface area (Å²) in [6.45, 7) is 0. The van der Waals surface area contributed by atoms with Gasteiger partial charge in [-0.05, 0) is 42.0 Å². The number of carboxylic acid groups (broad SMARTS) is 1. The van der Waals surface area contributed by atoms with Gasteiger partial charge in [0.05, 0.1) is 0 Å². The van der Waals surface area contributed by atoms with Gasteiger partial charge in [-0.15, -0.1) is 0 Å². The highest BCUT2D eigenvalue weighted by molar-refractivity contribution is 6.00. The number of carboxylic acids is 1. The van der Waals surface area contributed by atoms with Crippen LogP contribution < -0.4 is 5.73 Å². The van der Waals surface area contributed by atoms with Crippen LogP contribution in [-0.2, 0) is 11.2 Å². The minimum absolute atomic E-state index is 0.163. The number of carbonyl (C=O) groups is 2. The van der Waals surface area contributed by atoms with Gasteiger partial charge >= 0.3 is 5.97 Å². The van der Waals surface area contributed by atoms with E-state index in [1.165, 1.54) is 0 Å². The molecule has 0 aliphatic carbocycles. The Morgan fingerprint density at radius 1 is 0.955 bits per heavy atom. The van der Waals surface area contributed by atoms with Gasteiger partial charge in [-0.2, -0.15) is 0 Å². The van der Waals surface area contributed by atoms with E-state index in [-0.39, 0.29) is 6.42 Å². The molecule has 3 N–H and O–H groups in total. The molecule has 0 radical (unpaired) electrons. The standard InChI is InChI=1S/C18H19NO3/c19-18(22)15-11-6-10-14(9-4-5-12-16(20)21)17(15)13-7-2-1-3-8-13/h1-3,6-8,10-11H,4-5,9,12H2,(H2,19,22)(H,20,21). The molecule has 0 spiro atoms. The number of hydrogen-bond acceptors (Lipinski definition) is 2. The van der Waals surface area contributed by atoms with E-state index in [2.05, 4.69) is 0 Å². The molecule has 1 amide bonds. The molecule has 4 heteroatoms. The Balaban J connectivity index is 2.31. The van der Waals surface area contributed by atoms with Crippen molar-refractivity contribution in [3.63, 3.8) is 0 Å². The molecular weight excluding hydrogens is 278 g/mol. The summed E-state index contributed by atoms with van der Waals surface area (Å²) in [5, 5.41) is 8.70. The number of hydrogen-bond donors (Lipinski definition) is 2. The maximum absolute atomic E-state index is 11.7. The largest absolute Gasteiger partial charge is 0.481 e. The molecule has 0 atom stereocenters. The first-order valence-corrected chi connectivity index (χ1v) is 7.28. The van der Waals surface area contributed by atoms with Gasteiger partial charge in [-0.3, -0.25) is 9.59 Å². The minimum atomic E-state index is -0.783. The summed E-state index contributed by atoms with van der Waals surface area (Å²) in [6, 6.07) is 15.2. The summed E-state index contributed by atoms with van der Waals surface area (Å²) in [5.41, 5.74) is 8.82. The van der Waals surface area contributed by atoms with Crippen LogP contribution in [0.15, 0.2) is 48.5 Å². The second-order valence-corrected chi connectivity index (χ2v) is 5.17. The van der Waals surface area contributed by atoms with Crippen LogP contribution in [0.2, 0.25) is 0 Å². The molecule has 0 aromatic heterocycles. The third-order valence-corrected chi connectivity index (χ3v) is 3.57. The van der Waals surface area contributed by atoms with Crippen molar-refractivity contribution < 1.29 is 14.7 Å². The predicted octanol–water partition coefficient (Wildman–Crippen LogP) is 3.25. The Hall–Kier alpha value is -2.62. The average Bonchev–Trinajstić information content (AvgIpc) is 2.51. The first-order chi connectivity index (χ1) is 10.6. The molecule has 0 bridgehead atoms. The molecule has 2 aromatic carbocycles. The molecule has 0 aliphatic heterocycles. The maximum atomic E-state index is 11.7. The van der Waals surface area contributed by atoms with Gasteiger partial charge in [0.2, 0.25) is 5.91 Å². The van der Waals surface area contributed by atoms with Crippen molar-refractivity contribution in [2.45, 2.75) is 25.7 Å². The molecule has 22 heavy (non-hydrogen) atoms. The van der Waals surface area contributed by atoms with E-state index in [0.717, 1.165) is 29.5 Å². The summed E-state index contributed by atoms with van der Waals surface area (Å²) in [4.78, 5) is 22.3. The third kappa shape index (κ3) is 3.95. The number of unbranched alkanes of at least 4 members (excludes halogenated alkanes) is 1. The van der Waals surface area contributed by atoms with Crippen LogP contribution >= 0.6 is 0 Å². The molecule has 4 nitrogen and oxygen atoms in total. The zero-order valence-corrected chi connectivity index (χ0v) is 12.3. The number of carbonyl (C=O) groups excluding carboxylic acids is 1. The Labute approximate surface area is 129 Å². The lowest BCUT2D eigenvalue weighted by Gasteiger charge is -2.13.